The molecule has 19 heteroatoms. The number of allylic oxidation sites excluding steroid dienone is 4. The number of hydrogen-bond acceptors (Lipinski definition) is 15. The van der Waals surface area contributed by atoms with Gasteiger partial charge in [0.25, 0.3) is 0 Å². The van der Waals surface area contributed by atoms with E-state index in [1.165, 1.54) is 180 Å². The Morgan fingerprint density at radius 1 is 0.320 bits per heavy atom. The average Bonchev–Trinajstić information content (AvgIpc) is 0.996. The Hall–Kier alpha value is -2.46. The zero-order valence-electron chi connectivity index (χ0n) is 62.9. The van der Waals surface area contributed by atoms with Crippen LogP contribution in [-0.4, -0.2) is 96.7 Å². The van der Waals surface area contributed by atoms with Gasteiger partial charge < -0.3 is 33.8 Å². The summed E-state index contributed by atoms with van der Waals surface area (Å²) in [6.07, 6.45) is 60.3. The Labute approximate surface area is 592 Å². The fourth-order valence-electron chi connectivity index (χ4n) is 11.5. The van der Waals surface area contributed by atoms with Crippen molar-refractivity contribution in [2.75, 3.05) is 39.6 Å². The first-order chi connectivity index (χ1) is 46.9. The third-order valence-electron chi connectivity index (χ3n) is 17.6. The molecule has 0 saturated heterocycles. The van der Waals surface area contributed by atoms with E-state index >= 15 is 0 Å². The highest BCUT2D eigenvalue weighted by Gasteiger charge is 2.30. The minimum Gasteiger partial charge on any atom is -0.462 e. The lowest BCUT2D eigenvalue weighted by molar-refractivity contribution is -0.161. The number of hydrogen-bond donors (Lipinski definition) is 3. The molecule has 17 nitrogen and oxygen atoms in total. The summed E-state index contributed by atoms with van der Waals surface area (Å²) in [5, 5.41) is 10.6. The topological polar surface area (TPSA) is 237 Å². The van der Waals surface area contributed by atoms with Gasteiger partial charge in [-0.3, -0.25) is 37.3 Å². The quantitative estimate of drug-likeness (QED) is 0.0169. The molecule has 572 valence electrons. The lowest BCUT2D eigenvalue weighted by Gasteiger charge is -2.21. The second kappa shape index (κ2) is 69.3. The summed E-state index contributed by atoms with van der Waals surface area (Å²) in [5.41, 5.74) is 0. The molecule has 0 aromatic carbocycles. The van der Waals surface area contributed by atoms with Crippen molar-refractivity contribution < 1.29 is 80.2 Å². The number of phosphoric acid groups is 2. The highest BCUT2D eigenvalue weighted by atomic mass is 31.2. The van der Waals surface area contributed by atoms with Crippen molar-refractivity contribution in [3.05, 3.63) is 24.3 Å². The Balaban J connectivity index is 5.30. The minimum atomic E-state index is -4.97. The van der Waals surface area contributed by atoms with E-state index in [4.69, 9.17) is 37.0 Å². The maximum atomic E-state index is 13.1. The molecule has 0 aromatic rings. The fraction of sp³-hybridized carbons (Fsp3) is 0.897. The molecule has 0 aromatic heterocycles. The molecule has 3 N–H and O–H groups in total. The van der Waals surface area contributed by atoms with Crippen LogP contribution in [0.3, 0.4) is 0 Å². The van der Waals surface area contributed by atoms with Gasteiger partial charge in [0.15, 0.2) is 12.2 Å². The van der Waals surface area contributed by atoms with Crippen LogP contribution in [0.5, 0.6) is 0 Å². The van der Waals surface area contributed by atoms with Crippen LogP contribution in [0.4, 0.5) is 0 Å². The largest absolute Gasteiger partial charge is 0.472 e. The molecule has 0 radical (unpaired) electrons. The van der Waals surface area contributed by atoms with E-state index in [1.54, 1.807) is 0 Å². The van der Waals surface area contributed by atoms with Crippen molar-refractivity contribution >= 4 is 39.5 Å². The molecule has 0 aliphatic carbocycles. The summed E-state index contributed by atoms with van der Waals surface area (Å²) in [5.74, 6) is -0.593. The first kappa shape index (κ1) is 94.5. The third-order valence-corrected chi connectivity index (χ3v) is 19.5. The fourth-order valence-corrected chi connectivity index (χ4v) is 13.0. The summed E-state index contributed by atoms with van der Waals surface area (Å²) in [6, 6.07) is 0. The van der Waals surface area contributed by atoms with Crippen molar-refractivity contribution in [1.82, 2.24) is 0 Å². The van der Waals surface area contributed by atoms with E-state index in [-0.39, 0.29) is 25.7 Å². The van der Waals surface area contributed by atoms with Crippen LogP contribution in [0, 0.1) is 11.8 Å². The van der Waals surface area contributed by atoms with Crippen molar-refractivity contribution in [2.24, 2.45) is 11.8 Å². The van der Waals surface area contributed by atoms with Crippen LogP contribution in [0.2, 0.25) is 0 Å². The number of carbonyl (C=O) groups is 4. The van der Waals surface area contributed by atoms with Crippen LogP contribution in [-0.2, 0) is 65.4 Å². The molecule has 0 spiro atoms. The van der Waals surface area contributed by atoms with Crippen molar-refractivity contribution in [1.29, 1.82) is 0 Å². The molecule has 0 saturated carbocycles. The standard InChI is InChI=1S/C78H148O17P2/c1-7-9-11-13-15-17-19-21-22-25-31-37-43-49-55-61-76(81)89-67-73(94-77(82)62-56-50-44-38-32-26-23-24-28-34-40-46-52-58-70(3)4)68-92-96(84,85)90-64-72(79)65-91-97(86,87)93-69-74(66-88-75(80)60-54-48-42-36-30-20-18-16-14-12-10-8-2)95-78(83)63-57-51-45-39-33-27-29-35-41-47-53-59-71(5)6/h17,19,21-22,70-74,79H,7-16,18,20,23-69H2,1-6H3,(H,84,85)(H,86,87)/b19-17-,22-21-/t72-,73-,74-/m1/s1. The Morgan fingerprint density at radius 3 is 0.845 bits per heavy atom. The number of carbonyl (C=O) groups excluding carboxylic acids is 4. The molecule has 0 bridgehead atoms. The molecule has 0 aliphatic rings. The normalized spacial score (nSPS) is 14.1. The molecule has 0 amide bonds. The van der Waals surface area contributed by atoms with E-state index in [2.05, 4.69) is 65.8 Å². The first-order valence-corrected chi connectivity index (χ1v) is 42.8. The van der Waals surface area contributed by atoms with Crippen molar-refractivity contribution in [3.8, 4) is 0 Å². The summed E-state index contributed by atoms with van der Waals surface area (Å²) in [6.45, 7) is 9.56. The van der Waals surface area contributed by atoms with Crippen LogP contribution in [0.25, 0.3) is 0 Å². The van der Waals surface area contributed by atoms with E-state index in [9.17, 15) is 43.2 Å². The molecule has 0 aliphatic heterocycles. The summed E-state index contributed by atoms with van der Waals surface area (Å²) < 4.78 is 68.6. The van der Waals surface area contributed by atoms with Crippen LogP contribution in [0.1, 0.15) is 382 Å². The third kappa shape index (κ3) is 71.7. The average molecular weight is 1420 g/mol. The molecule has 0 rings (SSSR count). The Bertz CT molecular complexity index is 1970. The van der Waals surface area contributed by atoms with Crippen molar-refractivity contribution in [3.63, 3.8) is 0 Å². The summed E-state index contributed by atoms with van der Waals surface area (Å²) in [7, 11) is -9.93. The minimum absolute atomic E-state index is 0.100. The van der Waals surface area contributed by atoms with Gasteiger partial charge in [-0.2, -0.15) is 0 Å². The maximum Gasteiger partial charge on any atom is 0.472 e. The number of ether oxygens (including phenoxy) is 4. The van der Waals surface area contributed by atoms with E-state index in [0.29, 0.717) is 25.7 Å². The van der Waals surface area contributed by atoms with Gasteiger partial charge in [0.05, 0.1) is 26.4 Å². The van der Waals surface area contributed by atoms with Gasteiger partial charge in [0.1, 0.15) is 19.3 Å². The van der Waals surface area contributed by atoms with E-state index in [1.807, 2.05) is 0 Å². The van der Waals surface area contributed by atoms with Gasteiger partial charge >= 0.3 is 39.5 Å². The zero-order valence-corrected chi connectivity index (χ0v) is 64.7. The van der Waals surface area contributed by atoms with Gasteiger partial charge in [-0.25, -0.2) is 9.13 Å². The van der Waals surface area contributed by atoms with Gasteiger partial charge in [-0.05, 0) is 63.2 Å². The number of aliphatic hydroxyl groups excluding tert-OH is 1. The molecule has 97 heavy (non-hydrogen) atoms. The Morgan fingerprint density at radius 2 is 0.557 bits per heavy atom. The van der Waals surface area contributed by atoms with Crippen LogP contribution in [0.15, 0.2) is 24.3 Å². The molecular weight excluding hydrogens is 1270 g/mol. The van der Waals surface area contributed by atoms with Gasteiger partial charge in [0.2, 0.25) is 0 Å². The van der Waals surface area contributed by atoms with Gasteiger partial charge in [0, 0.05) is 25.7 Å². The van der Waals surface area contributed by atoms with E-state index in [0.717, 1.165) is 121 Å². The highest BCUT2D eigenvalue weighted by Crippen LogP contribution is 2.45. The Kier molecular flexibility index (Phi) is 67.5. The monoisotopic (exact) mass is 1420 g/mol. The van der Waals surface area contributed by atoms with Crippen molar-refractivity contribution in [2.45, 2.75) is 400 Å². The zero-order chi connectivity index (χ0) is 71.4. The molecule has 0 heterocycles. The molecule has 2 unspecified atom stereocenters. The predicted octanol–water partition coefficient (Wildman–Crippen LogP) is 22.7. The number of unbranched alkanes of at least 4 members (excludes halogenated alkanes) is 42. The lowest BCUT2D eigenvalue weighted by Crippen LogP contribution is -2.30. The lowest BCUT2D eigenvalue weighted by atomic mass is 10.0. The molecular formula is C78H148O17P2. The summed E-state index contributed by atoms with van der Waals surface area (Å²) >= 11 is 0. The predicted molar refractivity (Wildman–Crippen MR) is 395 cm³/mol. The van der Waals surface area contributed by atoms with Crippen LogP contribution < -0.4 is 0 Å². The number of rotatable bonds is 75. The number of phosphoric ester groups is 2. The second-order valence-corrected chi connectivity index (χ2v) is 31.3. The number of aliphatic hydroxyl groups is 1. The van der Waals surface area contributed by atoms with Gasteiger partial charge in [-0.15, -0.1) is 0 Å². The number of esters is 4. The second-order valence-electron chi connectivity index (χ2n) is 28.4. The molecule has 5 atom stereocenters. The maximum absolute atomic E-state index is 13.1. The van der Waals surface area contributed by atoms with E-state index < -0.39 is 97.5 Å². The summed E-state index contributed by atoms with van der Waals surface area (Å²) in [4.78, 5) is 72.9. The highest BCUT2D eigenvalue weighted by molar-refractivity contribution is 7.47. The van der Waals surface area contributed by atoms with Gasteiger partial charge in [-0.1, -0.05) is 329 Å². The first-order valence-electron chi connectivity index (χ1n) is 39.8. The smallest absolute Gasteiger partial charge is 0.462 e. The molecule has 0 fully saturated rings. The SMILES string of the molecule is CCCCCC/C=C\C=C/CCCCCCCC(=O)OC[C@H](COP(=O)(O)OC[C@@H](O)COP(=O)(O)OC[C@@H](COC(=O)CCCCCCCCCCCCCC)OC(=O)CCCCCCCCCCCCCC(C)C)OC(=O)CCCCCCCCCCCCCCCC(C)C. The van der Waals surface area contributed by atoms with Crippen LogP contribution >= 0.6 is 15.6 Å².